The van der Waals surface area contributed by atoms with Gasteiger partial charge in [0.2, 0.25) is 17.7 Å². The van der Waals surface area contributed by atoms with Crippen LogP contribution in [0.5, 0.6) is 0 Å². The van der Waals surface area contributed by atoms with Crippen LogP contribution in [0, 0.1) is 34.5 Å². The first-order valence-corrected chi connectivity index (χ1v) is 13.9. The number of nitriles is 1. The van der Waals surface area contributed by atoms with Crippen LogP contribution in [0.2, 0.25) is 0 Å². The van der Waals surface area contributed by atoms with E-state index in [1.165, 1.54) is 4.90 Å². The molecule has 0 aromatic carbocycles. The van der Waals surface area contributed by atoms with E-state index in [0.29, 0.717) is 13.0 Å². The summed E-state index contributed by atoms with van der Waals surface area (Å²) in [6.07, 6.45) is 2.80. The molecule has 8 nitrogen and oxygen atoms in total. The van der Waals surface area contributed by atoms with E-state index in [-0.39, 0.29) is 35.6 Å². The zero-order valence-electron chi connectivity index (χ0n) is 22.5. The second kappa shape index (κ2) is 10.7. The van der Waals surface area contributed by atoms with Crippen molar-refractivity contribution in [2.75, 3.05) is 13.1 Å². The van der Waals surface area contributed by atoms with Crippen LogP contribution in [-0.4, -0.2) is 65.6 Å². The first kappa shape index (κ1) is 28.7. The Bertz CT molecular complexity index is 968. The van der Waals surface area contributed by atoms with Crippen molar-refractivity contribution in [1.29, 1.82) is 5.26 Å². The molecule has 0 radical (unpaired) electrons. The number of amides is 3. The van der Waals surface area contributed by atoms with Crippen molar-refractivity contribution in [3.63, 3.8) is 0 Å². The molecule has 0 bridgehead atoms. The van der Waals surface area contributed by atoms with Gasteiger partial charge in [-0.1, -0.05) is 27.2 Å². The normalized spacial score (nSPS) is 30.1. The molecule has 3 N–H and O–H groups in total. The molecular formula is C27H40F3N5O3. The van der Waals surface area contributed by atoms with Crippen LogP contribution in [0.4, 0.5) is 13.2 Å². The number of carbonyl (C=O) groups excluding carboxylic acids is 3. The predicted molar refractivity (Wildman–Crippen MR) is 133 cm³/mol. The smallest absolute Gasteiger partial charge is 0.350 e. The summed E-state index contributed by atoms with van der Waals surface area (Å²) in [6, 6.07) is -0.763. The number of likely N-dealkylation sites (tertiary alicyclic amines) is 1. The Labute approximate surface area is 222 Å². The van der Waals surface area contributed by atoms with E-state index in [4.69, 9.17) is 0 Å². The molecule has 2 saturated carbocycles. The van der Waals surface area contributed by atoms with E-state index in [2.05, 4.69) is 22.0 Å². The maximum Gasteiger partial charge on any atom is 0.401 e. The van der Waals surface area contributed by atoms with Gasteiger partial charge in [-0.25, -0.2) is 0 Å². The maximum absolute atomic E-state index is 13.7. The number of carbonyl (C=O) groups is 3. The van der Waals surface area contributed by atoms with Gasteiger partial charge >= 0.3 is 6.18 Å². The van der Waals surface area contributed by atoms with Crippen LogP contribution >= 0.6 is 0 Å². The first-order chi connectivity index (χ1) is 17.7. The Kier molecular flexibility index (Phi) is 8.04. The van der Waals surface area contributed by atoms with Gasteiger partial charge in [0.05, 0.1) is 18.7 Å². The summed E-state index contributed by atoms with van der Waals surface area (Å²) < 4.78 is 39.0. The topological polar surface area (TPSA) is 114 Å². The Morgan fingerprint density at radius 3 is 2.42 bits per heavy atom. The number of hydrogen-bond donors (Lipinski definition) is 3. The summed E-state index contributed by atoms with van der Waals surface area (Å²) >= 11 is 0. The predicted octanol–water partition coefficient (Wildman–Crippen LogP) is 3.03. The van der Waals surface area contributed by atoms with Crippen LogP contribution in [0.3, 0.4) is 0 Å². The minimum absolute atomic E-state index is 0.0808. The molecule has 0 aromatic rings. The molecule has 6 atom stereocenters. The average molecular weight is 540 g/mol. The summed E-state index contributed by atoms with van der Waals surface area (Å²) in [5, 5.41) is 18.1. The molecule has 4 aliphatic rings. The van der Waals surface area contributed by atoms with Crippen LogP contribution in [0.25, 0.3) is 0 Å². The molecule has 2 aliphatic heterocycles. The van der Waals surface area contributed by atoms with Crippen LogP contribution < -0.4 is 16.0 Å². The highest BCUT2D eigenvalue weighted by Crippen LogP contribution is 2.44. The highest BCUT2D eigenvalue weighted by atomic mass is 19.4. The third-order valence-corrected chi connectivity index (χ3v) is 9.10. The number of rotatable bonds is 7. The number of hydrogen-bond acceptors (Lipinski definition) is 5. The van der Waals surface area contributed by atoms with Crippen molar-refractivity contribution < 1.29 is 27.6 Å². The van der Waals surface area contributed by atoms with Crippen molar-refractivity contribution in [2.24, 2.45) is 23.2 Å². The van der Waals surface area contributed by atoms with E-state index < -0.39 is 48.1 Å². The lowest BCUT2D eigenvalue weighted by molar-refractivity contribution is -0.147. The zero-order valence-corrected chi connectivity index (χ0v) is 22.5. The van der Waals surface area contributed by atoms with E-state index in [0.717, 1.165) is 44.9 Å². The van der Waals surface area contributed by atoms with E-state index in [1.807, 2.05) is 0 Å². The Morgan fingerprint density at radius 2 is 1.87 bits per heavy atom. The lowest BCUT2D eigenvalue weighted by Crippen LogP contribution is -2.60. The molecule has 4 rings (SSSR count). The van der Waals surface area contributed by atoms with E-state index in [1.54, 1.807) is 20.8 Å². The number of alkyl halides is 3. The quantitative estimate of drug-likeness (QED) is 0.460. The molecule has 0 aromatic heterocycles. The molecule has 2 aliphatic carbocycles. The van der Waals surface area contributed by atoms with E-state index in [9.17, 15) is 32.8 Å². The third kappa shape index (κ3) is 6.11. The Morgan fingerprint density at radius 1 is 1.16 bits per heavy atom. The number of piperidine rings is 1. The summed E-state index contributed by atoms with van der Waals surface area (Å²) in [6.45, 7) is 4.09. The third-order valence-electron chi connectivity index (χ3n) is 9.10. The van der Waals surface area contributed by atoms with Gasteiger partial charge in [0.25, 0.3) is 0 Å². The van der Waals surface area contributed by atoms with Gasteiger partial charge in [-0.15, -0.1) is 0 Å². The standard InChI is InChI=1S/C27H40F3N5O3/c1-25(2,3)21(32-15-27(28,29)30)24(38)35-14-17-6-4-7-19(17)20(35)23(37)33-18(13-31)12-16-8-11-26(9-5-10-26)34-22(16)36/h16-21,32H,4-12,14-15H2,1-3H3,(H,33,37)(H,34,36). The second-order valence-corrected chi connectivity index (χ2v) is 12.9. The monoisotopic (exact) mass is 539 g/mol. The SMILES string of the molecule is CC(C)(C)C(NCC(F)(F)F)C(=O)N1CC2CCCC2C1C(=O)NC(C#N)CC1CCC2(CCC2)NC1=O. The first-order valence-electron chi connectivity index (χ1n) is 13.9. The van der Waals surface area contributed by atoms with Gasteiger partial charge in [-0.3, -0.25) is 19.7 Å². The van der Waals surface area contributed by atoms with Gasteiger partial charge in [-0.05, 0) is 68.6 Å². The highest BCUT2D eigenvalue weighted by Gasteiger charge is 2.52. The molecule has 4 fully saturated rings. The number of fused-ring (bicyclic) bond motifs is 1. The molecule has 6 unspecified atom stereocenters. The fourth-order valence-electron chi connectivity index (χ4n) is 6.91. The second-order valence-electron chi connectivity index (χ2n) is 12.9. The summed E-state index contributed by atoms with van der Waals surface area (Å²) in [4.78, 5) is 41.4. The zero-order chi connectivity index (χ0) is 27.9. The Hall–Kier alpha value is -2.35. The van der Waals surface area contributed by atoms with Gasteiger partial charge in [-0.2, -0.15) is 18.4 Å². The molecule has 2 saturated heterocycles. The van der Waals surface area contributed by atoms with Crippen LogP contribution in [0.15, 0.2) is 0 Å². The fraction of sp³-hybridized carbons (Fsp3) is 0.852. The number of halogens is 3. The van der Waals surface area contributed by atoms with Crippen molar-refractivity contribution in [3.8, 4) is 6.07 Å². The molecule has 38 heavy (non-hydrogen) atoms. The summed E-state index contributed by atoms with van der Waals surface area (Å²) in [7, 11) is 0. The van der Waals surface area contributed by atoms with Crippen molar-refractivity contribution in [3.05, 3.63) is 0 Å². The Balaban J connectivity index is 1.46. The number of nitrogens with one attached hydrogen (secondary N) is 3. The van der Waals surface area contributed by atoms with Crippen LogP contribution in [-0.2, 0) is 14.4 Å². The molecule has 3 amide bonds. The van der Waals surface area contributed by atoms with Crippen molar-refractivity contribution in [1.82, 2.24) is 20.9 Å². The fourth-order valence-corrected chi connectivity index (χ4v) is 6.91. The summed E-state index contributed by atoms with van der Waals surface area (Å²) in [5.74, 6) is -1.44. The van der Waals surface area contributed by atoms with Gasteiger partial charge in [0.15, 0.2) is 0 Å². The van der Waals surface area contributed by atoms with Gasteiger partial charge < -0.3 is 15.5 Å². The number of nitrogens with zero attached hydrogens (tertiary/aromatic N) is 2. The van der Waals surface area contributed by atoms with E-state index >= 15 is 0 Å². The lowest BCUT2D eigenvalue weighted by atomic mass is 9.69. The minimum atomic E-state index is -4.48. The summed E-state index contributed by atoms with van der Waals surface area (Å²) in [5.41, 5.74) is -0.909. The van der Waals surface area contributed by atoms with Crippen molar-refractivity contribution in [2.45, 2.75) is 108 Å². The molecular weight excluding hydrogens is 499 g/mol. The average Bonchev–Trinajstić information content (AvgIpc) is 3.38. The van der Waals surface area contributed by atoms with Gasteiger partial charge in [0, 0.05) is 18.0 Å². The lowest BCUT2D eigenvalue weighted by Gasteiger charge is -2.47. The molecule has 212 valence electrons. The molecule has 11 heteroatoms. The highest BCUT2D eigenvalue weighted by molar-refractivity contribution is 5.91. The largest absolute Gasteiger partial charge is 0.401 e. The van der Waals surface area contributed by atoms with Gasteiger partial charge in [0.1, 0.15) is 12.1 Å². The van der Waals surface area contributed by atoms with Crippen molar-refractivity contribution >= 4 is 17.7 Å². The van der Waals surface area contributed by atoms with Crippen LogP contribution in [0.1, 0.15) is 78.6 Å². The molecule has 2 heterocycles. The maximum atomic E-state index is 13.7. The molecule has 1 spiro atoms. The minimum Gasteiger partial charge on any atom is -0.350 e.